The minimum atomic E-state index is -0.669. The van der Waals surface area contributed by atoms with E-state index in [2.05, 4.69) is 10.6 Å². The first-order valence-electron chi connectivity index (χ1n) is 10.1. The van der Waals surface area contributed by atoms with Gasteiger partial charge in [-0.05, 0) is 55.0 Å². The minimum absolute atomic E-state index is 0.0725. The summed E-state index contributed by atoms with van der Waals surface area (Å²) in [6, 6.07) is 15.5. The zero-order chi connectivity index (χ0) is 23.5. The van der Waals surface area contributed by atoms with Crippen LogP contribution in [-0.2, 0) is 9.59 Å². The van der Waals surface area contributed by atoms with Crippen molar-refractivity contribution in [2.45, 2.75) is 6.92 Å². The Kier molecular flexibility index (Phi) is 6.19. The van der Waals surface area contributed by atoms with Gasteiger partial charge in [-0.25, -0.2) is 9.69 Å². The fraction of sp³-hybridized carbons (Fsp3) is 0.125. The molecule has 0 aliphatic carbocycles. The van der Waals surface area contributed by atoms with Gasteiger partial charge in [-0.3, -0.25) is 9.59 Å². The van der Waals surface area contributed by atoms with Crippen LogP contribution in [0.25, 0.3) is 11.8 Å². The molecule has 9 heteroatoms. The third-order valence-corrected chi connectivity index (χ3v) is 5.56. The fourth-order valence-electron chi connectivity index (χ4n) is 3.42. The SMILES string of the molecule is COc1ccccc1NC(=O)CN1C(=O)N/C(=C/c2cccn2-c2ccc(C)c(Cl)c2)C1=O. The van der Waals surface area contributed by atoms with Gasteiger partial charge in [0, 0.05) is 22.6 Å². The highest BCUT2D eigenvalue weighted by Crippen LogP contribution is 2.24. The highest BCUT2D eigenvalue weighted by Gasteiger charge is 2.35. The fourth-order valence-corrected chi connectivity index (χ4v) is 3.60. The summed E-state index contributed by atoms with van der Waals surface area (Å²) in [5.74, 6) is -0.646. The number of benzene rings is 2. The molecule has 0 saturated carbocycles. The molecule has 8 nitrogen and oxygen atoms in total. The number of carbonyl (C=O) groups excluding carboxylic acids is 3. The second-order valence-corrected chi connectivity index (χ2v) is 7.77. The summed E-state index contributed by atoms with van der Waals surface area (Å²) in [5, 5.41) is 5.82. The summed E-state index contributed by atoms with van der Waals surface area (Å²) in [4.78, 5) is 38.6. The Labute approximate surface area is 195 Å². The van der Waals surface area contributed by atoms with Crippen LogP contribution in [-0.4, -0.2) is 41.0 Å². The van der Waals surface area contributed by atoms with E-state index in [9.17, 15) is 14.4 Å². The van der Waals surface area contributed by atoms with E-state index in [1.165, 1.54) is 7.11 Å². The van der Waals surface area contributed by atoms with Crippen molar-refractivity contribution in [3.8, 4) is 11.4 Å². The molecule has 0 atom stereocenters. The van der Waals surface area contributed by atoms with Crippen molar-refractivity contribution in [3.05, 3.63) is 82.8 Å². The van der Waals surface area contributed by atoms with Gasteiger partial charge in [0.25, 0.3) is 5.91 Å². The molecular formula is C24H21ClN4O4. The summed E-state index contributed by atoms with van der Waals surface area (Å²) >= 11 is 6.25. The Morgan fingerprint density at radius 2 is 1.94 bits per heavy atom. The van der Waals surface area contributed by atoms with Crippen molar-refractivity contribution >= 4 is 41.2 Å². The molecule has 1 saturated heterocycles. The molecule has 2 heterocycles. The van der Waals surface area contributed by atoms with Gasteiger partial charge in [-0.1, -0.05) is 29.8 Å². The molecule has 0 unspecified atom stereocenters. The first kappa shape index (κ1) is 22.2. The number of nitrogens with zero attached hydrogens (tertiary/aromatic N) is 2. The van der Waals surface area contributed by atoms with Gasteiger partial charge >= 0.3 is 6.03 Å². The van der Waals surface area contributed by atoms with Gasteiger partial charge < -0.3 is 19.9 Å². The zero-order valence-corrected chi connectivity index (χ0v) is 18.7. The van der Waals surface area contributed by atoms with E-state index in [0.29, 0.717) is 22.2 Å². The molecule has 1 fully saturated rings. The summed E-state index contributed by atoms with van der Waals surface area (Å²) in [7, 11) is 1.49. The first-order valence-corrected chi connectivity index (χ1v) is 10.5. The molecule has 4 rings (SSSR count). The van der Waals surface area contributed by atoms with E-state index >= 15 is 0 Å². The molecular weight excluding hydrogens is 444 g/mol. The maximum absolute atomic E-state index is 12.8. The molecule has 168 valence electrons. The average Bonchev–Trinajstić information content (AvgIpc) is 3.36. The number of rotatable bonds is 6. The van der Waals surface area contributed by atoms with E-state index < -0.39 is 24.4 Å². The number of carbonyl (C=O) groups is 3. The van der Waals surface area contributed by atoms with Crippen LogP contribution in [0.4, 0.5) is 10.5 Å². The Morgan fingerprint density at radius 1 is 1.15 bits per heavy atom. The number of anilines is 1. The number of hydrogen-bond acceptors (Lipinski definition) is 4. The van der Waals surface area contributed by atoms with E-state index in [0.717, 1.165) is 16.2 Å². The molecule has 1 aliphatic rings. The van der Waals surface area contributed by atoms with Crippen molar-refractivity contribution in [1.29, 1.82) is 0 Å². The van der Waals surface area contributed by atoms with Crippen molar-refractivity contribution in [1.82, 2.24) is 14.8 Å². The maximum Gasteiger partial charge on any atom is 0.329 e. The van der Waals surface area contributed by atoms with Crippen LogP contribution in [0.15, 0.2) is 66.5 Å². The van der Waals surface area contributed by atoms with Crippen LogP contribution >= 0.6 is 11.6 Å². The van der Waals surface area contributed by atoms with Crippen LogP contribution in [0.2, 0.25) is 5.02 Å². The van der Waals surface area contributed by atoms with Gasteiger partial charge in [-0.15, -0.1) is 0 Å². The van der Waals surface area contributed by atoms with Crippen LogP contribution in [0.3, 0.4) is 0 Å². The van der Waals surface area contributed by atoms with Gasteiger partial charge in [0.2, 0.25) is 5.91 Å². The number of methoxy groups -OCH3 is 1. The predicted octanol–water partition coefficient (Wildman–Crippen LogP) is 3.98. The van der Waals surface area contributed by atoms with E-state index in [-0.39, 0.29) is 5.70 Å². The first-order chi connectivity index (χ1) is 15.9. The van der Waals surface area contributed by atoms with Crippen molar-refractivity contribution in [2.24, 2.45) is 0 Å². The number of aryl methyl sites for hydroxylation is 1. The largest absolute Gasteiger partial charge is 0.495 e. The normalized spacial score (nSPS) is 14.5. The van der Waals surface area contributed by atoms with Crippen LogP contribution in [0.5, 0.6) is 5.75 Å². The molecule has 0 spiro atoms. The number of urea groups is 1. The lowest BCUT2D eigenvalue weighted by Gasteiger charge is -2.13. The molecule has 3 aromatic rings. The number of imide groups is 1. The topological polar surface area (TPSA) is 92.7 Å². The number of para-hydroxylation sites is 2. The molecule has 0 bridgehead atoms. The van der Waals surface area contributed by atoms with Gasteiger partial charge in [0.15, 0.2) is 0 Å². The average molecular weight is 465 g/mol. The molecule has 1 aromatic heterocycles. The van der Waals surface area contributed by atoms with E-state index in [4.69, 9.17) is 16.3 Å². The number of hydrogen-bond donors (Lipinski definition) is 2. The highest BCUT2D eigenvalue weighted by atomic mass is 35.5. The quantitative estimate of drug-likeness (QED) is 0.426. The highest BCUT2D eigenvalue weighted by molar-refractivity contribution is 6.31. The van der Waals surface area contributed by atoms with Crippen LogP contribution in [0, 0.1) is 6.92 Å². The summed E-state index contributed by atoms with van der Waals surface area (Å²) < 4.78 is 7.04. The number of amides is 4. The predicted molar refractivity (Wildman–Crippen MR) is 125 cm³/mol. The van der Waals surface area contributed by atoms with Gasteiger partial charge in [0.1, 0.15) is 18.0 Å². The van der Waals surface area contributed by atoms with Gasteiger partial charge in [-0.2, -0.15) is 0 Å². The maximum atomic E-state index is 12.8. The molecule has 2 aromatic carbocycles. The molecule has 0 radical (unpaired) electrons. The monoisotopic (exact) mass is 464 g/mol. The Hall–Kier alpha value is -4.04. The Morgan fingerprint density at radius 3 is 2.70 bits per heavy atom. The number of aromatic nitrogens is 1. The third-order valence-electron chi connectivity index (χ3n) is 5.15. The van der Waals surface area contributed by atoms with Crippen molar-refractivity contribution in [3.63, 3.8) is 0 Å². The molecule has 33 heavy (non-hydrogen) atoms. The van der Waals surface area contributed by atoms with Gasteiger partial charge in [0.05, 0.1) is 12.8 Å². The smallest absolute Gasteiger partial charge is 0.329 e. The lowest BCUT2D eigenvalue weighted by Crippen LogP contribution is -2.38. The Balaban J connectivity index is 1.51. The van der Waals surface area contributed by atoms with E-state index in [1.807, 2.05) is 42.0 Å². The van der Waals surface area contributed by atoms with Crippen LogP contribution < -0.4 is 15.4 Å². The molecule has 2 N–H and O–H groups in total. The standard InChI is InChI=1S/C24H21ClN4O4/c1-15-9-10-17(12-18(15)25)28-11-5-6-16(28)13-20-23(31)29(24(32)27-20)14-22(30)26-19-7-3-4-8-21(19)33-2/h3-13H,14H2,1-2H3,(H,26,30)(H,27,32)/b20-13+. The Bertz CT molecular complexity index is 1280. The molecule has 1 aliphatic heterocycles. The van der Waals surface area contributed by atoms with Crippen LogP contribution in [0.1, 0.15) is 11.3 Å². The summed E-state index contributed by atoms with van der Waals surface area (Å²) in [6.45, 7) is 1.48. The molecule has 4 amide bonds. The number of nitrogens with one attached hydrogen (secondary N) is 2. The lowest BCUT2D eigenvalue weighted by molar-refractivity contribution is -0.127. The van der Waals surface area contributed by atoms with Crippen molar-refractivity contribution in [2.75, 3.05) is 19.0 Å². The van der Waals surface area contributed by atoms with Crippen molar-refractivity contribution < 1.29 is 19.1 Å². The van der Waals surface area contributed by atoms with E-state index in [1.54, 1.807) is 36.4 Å². The third kappa shape index (κ3) is 4.61. The number of halogens is 1. The lowest BCUT2D eigenvalue weighted by atomic mass is 10.2. The second-order valence-electron chi connectivity index (χ2n) is 7.36. The second kappa shape index (κ2) is 9.22. The summed E-state index contributed by atoms with van der Waals surface area (Å²) in [6.07, 6.45) is 3.39. The summed E-state index contributed by atoms with van der Waals surface area (Å²) in [5.41, 5.74) is 2.95. The number of ether oxygens (including phenoxy) is 1. The minimum Gasteiger partial charge on any atom is -0.495 e. The zero-order valence-electron chi connectivity index (χ0n) is 18.0.